The van der Waals surface area contributed by atoms with Gasteiger partial charge in [-0.25, -0.2) is 9.37 Å². The van der Waals surface area contributed by atoms with Crippen LogP contribution in [0.2, 0.25) is 0 Å². The van der Waals surface area contributed by atoms with Crippen molar-refractivity contribution in [1.82, 2.24) is 30.0 Å². The second-order valence-corrected chi connectivity index (χ2v) is 9.35. The minimum absolute atomic E-state index is 0.0637. The number of aromatic amines is 1. The summed E-state index contributed by atoms with van der Waals surface area (Å²) in [4.78, 5) is 35.3. The molecule has 36 heavy (non-hydrogen) atoms. The normalized spacial score (nSPS) is 15.9. The van der Waals surface area contributed by atoms with Gasteiger partial charge < -0.3 is 20.5 Å². The molecule has 10 heteroatoms. The molecule has 3 aromatic heterocycles. The molecule has 5 rings (SSSR count). The smallest absolute Gasteiger partial charge is 0.257 e. The standard InChI is InChI=1S/C26H28FN7O2/c1-16-5-7-34(14-16)8-6-28-25(35)17-3-4-21(27)23(10-17)32-26(36)19-9-18-11-22(31-24(18)29-12-19)20-13-30-33(2)15-20/h3-4,9-13,15-16H,5-8,14H2,1-2H3,(H,28,35)(H,29,31)(H,32,36)/t16-/m0/s1. The topological polar surface area (TPSA) is 108 Å². The monoisotopic (exact) mass is 489 g/mol. The van der Waals surface area contributed by atoms with Gasteiger partial charge in [0.2, 0.25) is 0 Å². The molecular weight excluding hydrogens is 461 g/mol. The highest BCUT2D eigenvalue weighted by Crippen LogP contribution is 2.24. The number of halogens is 1. The molecule has 9 nitrogen and oxygen atoms in total. The van der Waals surface area contributed by atoms with E-state index in [0.717, 1.165) is 36.3 Å². The molecule has 0 aliphatic carbocycles. The maximum absolute atomic E-state index is 14.5. The first-order chi connectivity index (χ1) is 17.4. The van der Waals surface area contributed by atoms with Crippen molar-refractivity contribution in [3.8, 4) is 11.3 Å². The Morgan fingerprint density at radius 2 is 2.03 bits per heavy atom. The van der Waals surface area contributed by atoms with Crippen molar-refractivity contribution in [1.29, 1.82) is 0 Å². The lowest BCUT2D eigenvalue weighted by molar-refractivity contribution is 0.0948. The van der Waals surface area contributed by atoms with Crippen LogP contribution in [0, 0.1) is 11.7 Å². The zero-order valence-corrected chi connectivity index (χ0v) is 20.2. The van der Waals surface area contributed by atoms with E-state index in [9.17, 15) is 14.0 Å². The van der Waals surface area contributed by atoms with Crippen molar-refractivity contribution in [3.63, 3.8) is 0 Å². The molecule has 3 N–H and O–H groups in total. The second-order valence-electron chi connectivity index (χ2n) is 9.35. The number of benzene rings is 1. The van der Waals surface area contributed by atoms with E-state index in [-0.39, 0.29) is 22.7 Å². The Morgan fingerprint density at radius 3 is 2.78 bits per heavy atom. The average Bonchev–Trinajstić information content (AvgIpc) is 3.59. The van der Waals surface area contributed by atoms with E-state index >= 15 is 0 Å². The van der Waals surface area contributed by atoms with Crippen LogP contribution in [0.3, 0.4) is 0 Å². The largest absolute Gasteiger partial charge is 0.351 e. The number of rotatable bonds is 7. The van der Waals surface area contributed by atoms with Crippen molar-refractivity contribution >= 4 is 28.5 Å². The van der Waals surface area contributed by atoms with Crippen molar-refractivity contribution < 1.29 is 14.0 Å². The third-order valence-corrected chi connectivity index (χ3v) is 6.45. The molecule has 0 spiro atoms. The first-order valence-corrected chi connectivity index (χ1v) is 11.9. The van der Waals surface area contributed by atoms with Gasteiger partial charge in [-0.3, -0.25) is 14.3 Å². The number of hydrogen-bond donors (Lipinski definition) is 3. The van der Waals surface area contributed by atoms with E-state index < -0.39 is 11.7 Å². The summed E-state index contributed by atoms with van der Waals surface area (Å²) in [7, 11) is 1.83. The quantitative estimate of drug-likeness (QED) is 0.369. The molecule has 4 aromatic rings. The summed E-state index contributed by atoms with van der Waals surface area (Å²) in [5.74, 6) is -0.773. The first-order valence-electron chi connectivity index (χ1n) is 11.9. The summed E-state index contributed by atoms with van der Waals surface area (Å²) in [6, 6.07) is 7.50. The molecule has 0 unspecified atom stereocenters. The fraction of sp³-hybridized carbons (Fsp3) is 0.308. The molecule has 1 aliphatic heterocycles. The molecule has 0 radical (unpaired) electrons. The fourth-order valence-electron chi connectivity index (χ4n) is 4.47. The number of carbonyl (C=O) groups is 2. The van der Waals surface area contributed by atoms with Gasteiger partial charge in [-0.1, -0.05) is 6.92 Å². The van der Waals surface area contributed by atoms with Crippen LogP contribution in [-0.4, -0.2) is 62.6 Å². The molecule has 2 amide bonds. The van der Waals surface area contributed by atoms with Crippen LogP contribution in [0.1, 0.15) is 34.1 Å². The molecule has 0 bridgehead atoms. The number of anilines is 1. The maximum atomic E-state index is 14.5. The number of nitrogens with zero attached hydrogens (tertiary/aromatic N) is 4. The molecule has 1 saturated heterocycles. The summed E-state index contributed by atoms with van der Waals surface area (Å²) < 4.78 is 16.2. The van der Waals surface area contributed by atoms with Gasteiger partial charge in [-0.2, -0.15) is 5.10 Å². The molecule has 186 valence electrons. The molecule has 1 aliphatic rings. The van der Waals surface area contributed by atoms with Crippen LogP contribution >= 0.6 is 0 Å². The molecule has 1 atom stereocenters. The minimum Gasteiger partial charge on any atom is -0.351 e. The number of amides is 2. The van der Waals surface area contributed by atoms with Crippen molar-refractivity contribution in [3.05, 3.63) is 65.9 Å². The first kappa shape index (κ1) is 23.7. The third-order valence-electron chi connectivity index (χ3n) is 6.45. The van der Waals surface area contributed by atoms with Gasteiger partial charge in [0.25, 0.3) is 11.8 Å². The summed E-state index contributed by atoms with van der Waals surface area (Å²) in [6.07, 6.45) is 6.20. The lowest BCUT2D eigenvalue weighted by Gasteiger charge is -2.15. The van der Waals surface area contributed by atoms with Crippen LogP contribution in [0.5, 0.6) is 0 Å². The molecule has 1 fully saturated rings. The number of likely N-dealkylation sites (tertiary alicyclic amines) is 1. The Bertz CT molecular complexity index is 1430. The summed E-state index contributed by atoms with van der Waals surface area (Å²) in [5.41, 5.74) is 2.83. The van der Waals surface area contributed by atoms with Crippen LogP contribution < -0.4 is 10.6 Å². The summed E-state index contributed by atoms with van der Waals surface area (Å²) in [5, 5.41) is 10.3. The molecule has 1 aromatic carbocycles. The number of nitrogens with one attached hydrogen (secondary N) is 3. The Hall–Kier alpha value is -4.05. The minimum atomic E-state index is -0.625. The van der Waals surface area contributed by atoms with Gasteiger partial charge in [0, 0.05) is 55.6 Å². The Morgan fingerprint density at radius 1 is 1.17 bits per heavy atom. The van der Waals surface area contributed by atoms with Gasteiger partial charge in [0.1, 0.15) is 11.5 Å². The van der Waals surface area contributed by atoms with Gasteiger partial charge >= 0.3 is 0 Å². The maximum Gasteiger partial charge on any atom is 0.257 e. The van der Waals surface area contributed by atoms with E-state index in [4.69, 9.17) is 0 Å². The van der Waals surface area contributed by atoms with Gasteiger partial charge in [-0.15, -0.1) is 0 Å². The fourth-order valence-corrected chi connectivity index (χ4v) is 4.47. The number of hydrogen-bond acceptors (Lipinski definition) is 5. The zero-order valence-electron chi connectivity index (χ0n) is 20.2. The number of carbonyl (C=O) groups excluding carboxylic acids is 2. The molecule has 0 saturated carbocycles. The third kappa shape index (κ3) is 5.13. The lowest BCUT2D eigenvalue weighted by Crippen LogP contribution is -2.33. The number of aryl methyl sites for hydroxylation is 1. The Balaban J connectivity index is 1.25. The Kier molecular flexibility index (Phi) is 6.51. The van der Waals surface area contributed by atoms with Crippen molar-refractivity contribution in [2.75, 3.05) is 31.5 Å². The van der Waals surface area contributed by atoms with E-state index in [0.29, 0.717) is 18.1 Å². The number of fused-ring (bicyclic) bond motifs is 1. The molecule has 4 heterocycles. The number of pyridine rings is 1. The van der Waals surface area contributed by atoms with E-state index in [1.54, 1.807) is 16.9 Å². The van der Waals surface area contributed by atoms with E-state index in [1.807, 2.05) is 19.3 Å². The van der Waals surface area contributed by atoms with Gasteiger partial charge in [0.05, 0.1) is 23.1 Å². The second kappa shape index (κ2) is 9.90. The van der Waals surface area contributed by atoms with E-state index in [1.165, 1.54) is 30.8 Å². The highest BCUT2D eigenvalue weighted by atomic mass is 19.1. The predicted octanol–water partition coefficient (Wildman–Crippen LogP) is 3.43. The van der Waals surface area contributed by atoms with E-state index in [2.05, 4.69) is 37.5 Å². The highest BCUT2D eigenvalue weighted by molar-refractivity contribution is 6.06. The number of H-pyrrole nitrogens is 1. The van der Waals surface area contributed by atoms with Gasteiger partial charge in [0.15, 0.2) is 0 Å². The van der Waals surface area contributed by atoms with Crippen molar-refractivity contribution in [2.24, 2.45) is 13.0 Å². The van der Waals surface area contributed by atoms with Crippen molar-refractivity contribution in [2.45, 2.75) is 13.3 Å². The number of aromatic nitrogens is 4. The van der Waals surface area contributed by atoms with Crippen LogP contribution in [0.15, 0.2) is 48.9 Å². The van der Waals surface area contributed by atoms with Crippen LogP contribution in [-0.2, 0) is 7.05 Å². The Labute approximate surface area is 207 Å². The highest BCUT2D eigenvalue weighted by Gasteiger charge is 2.19. The summed E-state index contributed by atoms with van der Waals surface area (Å²) >= 11 is 0. The van der Waals surface area contributed by atoms with Crippen LogP contribution in [0.25, 0.3) is 22.3 Å². The molecular formula is C26H28FN7O2. The van der Waals surface area contributed by atoms with Crippen LogP contribution in [0.4, 0.5) is 10.1 Å². The summed E-state index contributed by atoms with van der Waals surface area (Å²) in [6.45, 7) is 5.58. The SMILES string of the molecule is C[C@H]1CCN(CCNC(=O)c2ccc(F)c(NC(=O)c3cnc4[nH]c(-c5cnn(C)c5)cc4c3)c2)C1. The zero-order chi connectivity index (χ0) is 25.2. The average molecular weight is 490 g/mol. The van der Waals surface area contributed by atoms with Gasteiger partial charge in [-0.05, 0) is 49.2 Å². The lowest BCUT2D eigenvalue weighted by atomic mass is 10.1. The predicted molar refractivity (Wildman–Crippen MR) is 135 cm³/mol.